The van der Waals surface area contributed by atoms with Crippen LogP contribution in [-0.2, 0) is 16.1 Å². The van der Waals surface area contributed by atoms with Crippen molar-refractivity contribution in [3.63, 3.8) is 0 Å². The quantitative estimate of drug-likeness (QED) is 0.570. The zero-order chi connectivity index (χ0) is 16.7. The van der Waals surface area contributed by atoms with Gasteiger partial charge in [0, 0.05) is 18.1 Å². The summed E-state index contributed by atoms with van der Waals surface area (Å²) in [6.45, 7) is 1.33. The highest BCUT2D eigenvalue weighted by Gasteiger charge is 2.24. The fourth-order valence-electron chi connectivity index (χ4n) is 3.22. The maximum atomic E-state index is 12.9. The predicted molar refractivity (Wildman–Crippen MR) is 92.0 cm³/mol. The molecule has 0 heterocycles. The molecule has 0 bridgehead atoms. The van der Waals surface area contributed by atoms with Crippen LogP contribution in [0.2, 0.25) is 0 Å². The molecule has 0 saturated heterocycles. The minimum absolute atomic E-state index is 0.0677. The van der Waals surface area contributed by atoms with E-state index in [1.165, 1.54) is 6.92 Å². The molecule has 0 unspecified atom stereocenters. The van der Waals surface area contributed by atoms with Crippen molar-refractivity contribution in [2.75, 3.05) is 5.48 Å². The largest absolute Gasteiger partial charge is 0.344 e. The van der Waals surface area contributed by atoms with Crippen molar-refractivity contribution in [3.05, 3.63) is 76.9 Å². The first kappa shape index (κ1) is 14.5. The highest BCUT2D eigenvalue weighted by atomic mass is 16.7. The fourth-order valence-corrected chi connectivity index (χ4v) is 3.22. The molecule has 0 radical (unpaired) electrons. The average molecular weight is 317 g/mol. The van der Waals surface area contributed by atoms with Gasteiger partial charge in [0.2, 0.25) is 0 Å². The van der Waals surface area contributed by atoms with Crippen LogP contribution in [0.25, 0.3) is 10.8 Å². The van der Waals surface area contributed by atoms with Crippen LogP contribution in [0.15, 0.2) is 54.6 Å². The van der Waals surface area contributed by atoms with Gasteiger partial charge < -0.3 is 4.84 Å². The predicted octanol–water partition coefficient (Wildman–Crippen LogP) is 3.87. The van der Waals surface area contributed by atoms with Gasteiger partial charge in [-0.15, -0.1) is 0 Å². The Morgan fingerprint density at radius 3 is 2.71 bits per heavy atom. The molecule has 118 valence electrons. The first-order valence-electron chi connectivity index (χ1n) is 7.75. The number of nitrogens with one attached hydrogen (secondary N) is 1. The number of carbonyl (C=O) groups is 2. The zero-order valence-electron chi connectivity index (χ0n) is 13.1. The number of fused-ring (bicyclic) bond motifs is 4. The smallest absolute Gasteiger partial charge is 0.329 e. The number of hydrogen-bond donors (Lipinski definition) is 1. The fraction of sp³-hybridized carbons (Fsp3) is 0.100. The lowest BCUT2D eigenvalue weighted by molar-refractivity contribution is -0.138. The lowest BCUT2D eigenvalue weighted by Crippen LogP contribution is -2.15. The molecule has 3 aromatic rings. The SMILES string of the molecule is CC(=O)ONc1ccc2c3c(ccc2c1)Cc1ccccc1C3=O. The van der Waals surface area contributed by atoms with E-state index < -0.39 is 5.97 Å². The topological polar surface area (TPSA) is 55.4 Å². The number of benzene rings is 3. The van der Waals surface area contributed by atoms with Gasteiger partial charge in [0.25, 0.3) is 0 Å². The molecule has 3 aromatic carbocycles. The lowest BCUT2D eigenvalue weighted by atomic mass is 9.82. The summed E-state index contributed by atoms with van der Waals surface area (Å²) in [5, 5.41) is 1.85. The molecule has 0 aliphatic heterocycles. The molecule has 24 heavy (non-hydrogen) atoms. The first-order valence-corrected chi connectivity index (χ1v) is 7.75. The number of ketones is 1. The van der Waals surface area contributed by atoms with E-state index in [4.69, 9.17) is 4.84 Å². The molecule has 0 saturated carbocycles. The molecule has 0 aromatic heterocycles. The number of carbonyl (C=O) groups excluding carboxylic acids is 2. The van der Waals surface area contributed by atoms with E-state index >= 15 is 0 Å². The molecule has 4 rings (SSSR count). The molecule has 0 amide bonds. The van der Waals surface area contributed by atoms with E-state index in [-0.39, 0.29) is 5.78 Å². The van der Waals surface area contributed by atoms with Crippen molar-refractivity contribution in [2.45, 2.75) is 13.3 Å². The first-order chi connectivity index (χ1) is 11.6. The van der Waals surface area contributed by atoms with E-state index in [1.54, 1.807) is 6.07 Å². The van der Waals surface area contributed by atoms with Gasteiger partial charge >= 0.3 is 5.97 Å². The standard InChI is InChI=1S/C20H15NO3/c1-12(22)24-21-16-8-9-17-14(11-16)6-7-15-10-13-4-2-3-5-18(13)20(23)19(15)17/h2-9,11,21H,10H2,1H3. The zero-order valence-corrected chi connectivity index (χ0v) is 13.1. The molecule has 0 fully saturated rings. The third-order valence-electron chi connectivity index (χ3n) is 4.29. The minimum Gasteiger partial charge on any atom is -0.344 e. The maximum absolute atomic E-state index is 12.9. The summed E-state index contributed by atoms with van der Waals surface area (Å²) in [5.74, 6) is -0.342. The number of rotatable bonds is 2. The Balaban J connectivity index is 1.81. The van der Waals surface area contributed by atoms with Gasteiger partial charge in [0.05, 0.1) is 5.69 Å². The molecule has 0 spiro atoms. The molecule has 0 atom stereocenters. The molecule has 1 aliphatic rings. The molecular formula is C20H15NO3. The van der Waals surface area contributed by atoms with Gasteiger partial charge in [-0.2, -0.15) is 0 Å². The number of hydrogen-bond acceptors (Lipinski definition) is 4. The van der Waals surface area contributed by atoms with Crippen LogP contribution in [0.4, 0.5) is 5.69 Å². The van der Waals surface area contributed by atoms with Gasteiger partial charge in [-0.1, -0.05) is 42.5 Å². The summed E-state index contributed by atoms with van der Waals surface area (Å²) < 4.78 is 0. The van der Waals surface area contributed by atoms with Crippen LogP contribution in [0, 0.1) is 0 Å². The Kier molecular flexibility index (Phi) is 3.31. The summed E-state index contributed by atoms with van der Waals surface area (Å²) in [7, 11) is 0. The van der Waals surface area contributed by atoms with Crippen LogP contribution < -0.4 is 5.48 Å². The minimum atomic E-state index is -0.410. The Labute approximate surface area is 139 Å². The van der Waals surface area contributed by atoms with Crippen molar-refractivity contribution < 1.29 is 14.4 Å². The summed E-state index contributed by atoms with van der Waals surface area (Å²) in [6.07, 6.45) is 0.765. The van der Waals surface area contributed by atoms with E-state index in [9.17, 15) is 9.59 Å². The second-order valence-corrected chi connectivity index (χ2v) is 5.89. The maximum Gasteiger partial charge on any atom is 0.329 e. The van der Waals surface area contributed by atoms with E-state index in [0.717, 1.165) is 39.4 Å². The highest BCUT2D eigenvalue weighted by Crippen LogP contribution is 2.33. The van der Waals surface area contributed by atoms with Crippen LogP contribution in [0.3, 0.4) is 0 Å². The summed E-state index contributed by atoms with van der Waals surface area (Å²) in [4.78, 5) is 28.6. The molecule has 1 N–H and O–H groups in total. The normalized spacial score (nSPS) is 12.5. The van der Waals surface area contributed by atoms with Gasteiger partial charge in [-0.05, 0) is 40.5 Å². The van der Waals surface area contributed by atoms with Crippen LogP contribution in [0.5, 0.6) is 0 Å². The monoisotopic (exact) mass is 317 g/mol. The van der Waals surface area contributed by atoms with Crippen LogP contribution in [-0.4, -0.2) is 11.8 Å². The van der Waals surface area contributed by atoms with Gasteiger partial charge in [0.1, 0.15) is 0 Å². The molecule has 1 aliphatic carbocycles. The van der Waals surface area contributed by atoms with E-state index in [1.807, 2.05) is 48.5 Å². The van der Waals surface area contributed by atoms with Crippen molar-refractivity contribution in [1.82, 2.24) is 0 Å². The Bertz CT molecular complexity index is 991. The van der Waals surface area contributed by atoms with Crippen LogP contribution >= 0.6 is 0 Å². The second-order valence-electron chi connectivity index (χ2n) is 5.89. The summed E-state index contributed by atoms with van der Waals surface area (Å²) >= 11 is 0. The highest BCUT2D eigenvalue weighted by molar-refractivity contribution is 6.19. The molecule has 4 heteroatoms. The average Bonchev–Trinajstić information content (AvgIpc) is 2.59. The van der Waals surface area contributed by atoms with E-state index in [2.05, 4.69) is 5.48 Å². The Hall–Kier alpha value is -3.14. The number of anilines is 1. The summed E-state index contributed by atoms with van der Waals surface area (Å²) in [5.41, 5.74) is 6.94. The third-order valence-corrected chi connectivity index (χ3v) is 4.29. The molecule has 4 nitrogen and oxygen atoms in total. The van der Waals surface area contributed by atoms with Crippen molar-refractivity contribution in [2.24, 2.45) is 0 Å². The van der Waals surface area contributed by atoms with Crippen molar-refractivity contribution in [3.8, 4) is 0 Å². The Morgan fingerprint density at radius 2 is 1.88 bits per heavy atom. The van der Waals surface area contributed by atoms with Gasteiger partial charge in [-0.3, -0.25) is 9.59 Å². The third kappa shape index (κ3) is 2.33. The lowest BCUT2D eigenvalue weighted by Gasteiger charge is -2.20. The van der Waals surface area contributed by atoms with Crippen LogP contribution in [0.1, 0.15) is 34.0 Å². The second kappa shape index (κ2) is 5.49. The molecular weight excluding hydrogens is 302 g/mol. The van der Waals surface area contributed by atoms with Gasteiger partial charge in [0.15, 0.2) is 5.78 Å². The van der Waals surface area contributed by atoms with E-state index in [0.29, 0.717) is 5.69 Å². The van der Waals surface area contributed by atoms with Crippen molar-refractivity contribution >= 4 is 28.2 Å². The summed E-state index contributed by atoms with van der Waals surface area (Å²) in [6, 6.07) is 17.3. The van der Waals surface area contributed by atoms with Gasteiger partial charge in [-0.25, -0.2) is 5.48 Å². The Morgan fingerprint density at radius 1 is 1.04 bits per heavy atom. The van der Waals surface area contributed by atoms with Crippen molar-refractivity contribution in [1.29, 1.82) is 0 Å².